The standard InChI is InChI=1S/C16H12F3NS/c1-20-16(10-4-12(18)7-13(19)5-10)15-6-9-2-3-11(17)8-14(9)21-15/h2-8,16,20H,1H3. The predicted molar refractivity (Wildman–Crippen MR) is 79.0 cm³/mol. The van der Waals surface area contributed by atoms with Crippen molar-refractivity contribution in [3.63, 3.8) is 0 Å². The van der Waals surface area contributed by atoms with Crippen LogP contribution in [-0.2, 0) is 0 Å². The van der Waals surface area contributed by atoms with E-state index in [2.05, 4.69) is 5.32 Å². The molecule has 2 aromatic carbocycles. The molecule has 108 valence electrons. The zero-order chi connectivity index (χ0) is 15.0. The maximum atomic E-state index is 13.4. The first kappa shape index (κ1) is 14.1. The highest BCUT2D eigenvalue weighted by Gasteiger charge is 2.17. The van der Waals surface area contributed by atoms with Crippen molar-refractivity contribution in [2.24, 2.45) is 0 Å². The number of hydrogen-bond donors (Lipinski definition) is 1. The van der Waals surface area contributed by atoms with Crippen LogP contribution in [0.4, 0.5) is 13.2 Å². The zero-order valence-corrected chi connectivity index (χ0v) is 12.0. The number of rotatable bonds is 3. The minimum atomic E-state index is -0.614. The molecule has 0 bridgehead atoms. The van der Waals surface area contributed by atoms with Crippen molar-refractivity contribution < 1.29 is 13.2 Å². The molecular formula is C16H12F3NS. The van der Waals surface area contributed by atoms with E-state index in [1.54, 1.807) is 13.1 Å². The molecule has 3 rings (SSSR count). The molecule has 3 aromatic rings. The molecule has 0 spiro atoms. The molecule has 1 atom stereocenters. The van der Waals surface area contributed by atoms with E-state index in [0.717, 1.165) is 21.0 Å². The average Bonchev–Trinajstić information content (AvgIpc) is 2.81. The van der Waals surface area contributed by atoms with Crippen molar-refractivity contribution in [3.05, 3.63) is 70.4 Å². The van der Waals surface area contributed by atoms with E-state index in [0.29, 0.717) is 5.56 Å². The van der Waals surface area contributed by atoms with E-state index in [9.17, 15) is 13.2 Å². The van der Waals surface area contributed by atoms with E-state index >= 15 is 0 Å². The molecule has 0 fully saturated rings. The van der Waals surface area contributed by atoms with Crippen molar-refractivity contribution in [2.45, 2.75) is 6.04 Å². The van der Waals surface area contributed by atoms with Crippen LogP contribution in [0.1, 0.15) is 16.5 Å². The first-order valence-corrected chi connectivity index (χ1v) is 7.21. The Balaban J connectivity index is 2.08. The molecule has 0 saturated carbocycles. The van der Waals surface area contributed by atoms with Crippen LogP contribution in [0, 0.1) is 17.5 Å². The van der Waals surface area contributed by atoms with Gasteiger partial charge in [0.1, 0.15) is 17.5 Å². The van der Waals surface area contributed by atoms with E-state index in [1.807, 2.05) is 6.07 Å². The van der Waals surface area contributed by atoms with Crippen LogP contribution >= 0.6 is 11.3 Å². The van der Waals surface area contributed by atoms with Gasteiger partial charge in [-0.3, -0.25) is 0 Å². The summed E-state index contributed by atoms with van der Waals surface area (Å²) in [5, 5.41) is 3.96. The second-order valence-corrected chi connectivity index (χ2v) is 5.87. The molecule has 0 amide bonds. The first-order valence-electron chi connectivity index (χ1n) is 6.39. The summed E-state index contributed by atoms with van der Waals surface area (Å²) in [6.07, 6.45) is 0. The van der Waals surface area contributed by atoms with Crippen molar-refractivity contribution in [3.8, 4) is 0 Å². The Morgan fingerprint density at radius 3 is 2.29 bits per heavy atom. The lowest BCUT2D eigenvalue weighted by Gasteiger charge is -2.15. The molecule has 0 radical (unpaired) electrons. The number of hydrogen-bond acceptors (Lipinski definition) is 2. The highest BCUT2D eigenvalue weighted by Crippen LogP contribution is 2.33. The molecule has 5 heteroatoms. The van der Waals surface area contributed by atoms with E-state index < -0.39 is 11.6 Å². The van der Waals surface area contributed by atoms with Gasteiger partial charge in [0.25, 0.3) is 0 Å². The Labute approximate surface area is 124 Å². The Morgan fingerprint density at radius 2 is 1.62 bits per heavy atom. The quantitative estimate of drug-likeness (QED) is 0.744. The smallest absolute Gasteiger partial charge is 0.126 e. The van der Waals surface area contributed by atoms with Gasteiger partial charge in [-0.15, -0.1) is 11.3 Å². The minimum absolute atomic E-state index is 0.297. The lowest BCUT2D eigenvalue weighted by atomic mass is 10.0. The summed E-state index contributed by atoms with van der Waals surface area (Å²) >= 11 is 1.40. The largest absolute Gasteiger partial charge is 0.309 e. The summed E-state index contributed by atoms with van der Waals surface area (Å²) in [6.45, 7) is 0. The lowest BCUT2D eigenvalue weighted by molar-refractivity contribution is 0.572. The maximum absolute atomic E-state index is 13.4. The third-order valence-electron chi connectivity index (χ3n) is 3.29. The van der Waals surface area contributed by atoms with Crippen LogP contribution in [-0.4, -0.2) is 7.05 Å². The summed E-state index contributed by atoms with van der Waals surface area (Å²) in [7, 11) is 1.72. The third-order valence-corrected chi connectivity index (χ3v) is 4.46. The van der Waals surface area contributed by atoms with Gasteiger partial charge < -0.3 is 5.32 Å². The van der Waals surface area contributed by atoms with Crippen molar-refractivity contribution in [2.75, 3.05) is 7.05 Å². The molecule has 1 N–H and O–H groups in total. The van der Waals surface area contributed by atoms with E-state index in [-0.39, 0.29) is 11.9 Å². The Morgan fingerprint density at radius 1 is 0.905 bits per heavy atom. The molecule has 1 aromatic heterocycles. The number of benzene rings is 2. The summed E-state index contributed by atoms with van der Waals surface area (Å²) in [5.74, 6) is -1.52. The van der Waals surface area contributed by atoms with Gasteiger partial charge in [-0.05, 0) is 48.3 Å². The zero-order valence-electron chi connectivity index (χ0n) is 11.2. The van der Waals surface area contributed by atoms with Crippen LogP contribution in [0.2, 0.25) is 0 Å². The molecule has 0 saturated heterocycles. The number of thiophene rings is 1. The summed E-state index contributed by atoms with van der Waals surface area (Å²) in [4.78, 5) is 0.878. The minimum Gasteiger partial charge on any atom is -0.309 e. The normalized spacial score (nSPS) is 12.8. The van der Waals surface area contributed by atoms with Crippen LogP contribution < -0.4 is 5.32 Å². The van der Waals surface area contributed by atoms with Gasteiger partial charge in [-0.2, -0.15) is 0 Å². The second kappa shape index (κ2) is 5.50. The SMILES string of the molecule is CNC(c1cc(F)cc(F)c1)c1cc2ccc(F)cc2s1. The Kier molecular flexibility index (Phi) is 3.69. The van der Waals surface area contributed by atoms with Gasteiger partial charge in [-0.1, -0.05) is 6.07 Å². The molecule has 0 aliphatic carbocycles. The van der Waals surface area contributed by atoms with E-state index in [4.69, 9.17) is 0 Å². The van der Waals surface area contributed by atoms with Crippen molar-refractivity contribution >= 4 is 21.4 Å². The van der Waals surface area contributed by atoms with Gasteiger partial charge in [-0.25, -0.2) is 13.2 Å². The predicted octanol–water partition coefficient (Wildman–Crippen LogP) is 4.63. The number of halogens is 3. The van der Waals surface area contributed by atoms with Gasteiger partial charge in [0.05, 0.1) is 6.04 Å². The highest BCUT2D eigenvalue weighted by atomic mass is 32.1. The fraction of sp³-hybridized carbons (Fsp3) is 0.125. The fourth-order valence-electron chi connectivity index (χ4n) is 2.38. The molecule has 1 nitrogen and oxygen atoms in total. The topological polar surface area (TPSA) is 12.0 Å². The van der Waals surface area contributed by atoms with Gasteiger partial charge in [0, 0.05) is 15.6 Å². The lowest BCUT2D eigenvalue weighted by Crippen LogP contribution is -2.16. The van der Waals surface area contributed by atoms with Gasteiger partial charge in [0.2, 0.25) is 0 Å². The summed E-state index contributed by atoms with van der Waals surface area (Å²) in [6, 6.07) is 9.57. The monoisotopic (exact) mass is 307 g/mol. The molecule has 1 heterocycles. The van der Waals surface area contributed by atoms with Crippen LogP contribution in [0.5, 0.6) is 0 Å². The fourth-order valence-corrected chi connectivity index (χ4v) is 3.61. The molecular weight excluding hydrogens is 295 g/mol. The van der Waals surface area contributed by atoms with Crippen LogP contribution in [0.3, 0.4) is 0 Å². The highest BCUT2D eigenvalue weighted by molar-refractivity contribution is 7.19. The van der Waals surface area contributed by atoms with Gasteiger partial charge in [0.15, 0.2) is 0 Å². The molecule has 21 heavy (non-hydrogen) atoms. The molecule has 0 aliphatic rings. The Hall–Kier alpha value is -1.85. The second-order valence-electron chi connectivity index (χ2n) is 4.76. The maximum Gasteiger partial charge on any atom is 0.126 e. The van der Waals surface area contributed by atoms with Crippen LogP contribution in [0.25, 0.3) is 10.1 Å². The van der Waals surface area contributed by atoms with Crippen LogP contribution in [0.15, 0.2) is 42.5 Å². The summed E-state index contributed by atoms with van der Waals surface area (Å²) in [5.41, 5.74) is 0.502. The number of nitrogens with one attached hydrogen (secondary N) is 1. The van der Waals surface area contributed by atoms with Crippen molar-refractivity contribution in [1.29, 1.82) is 0 Å². The first-order chi connectivity index (χ1) is 10.1. The van der Waals surface area contributed by atoms with Gasteiger partial charge >= 0.3 is 0 Å². The number of fused-ring (bicyclic) bond motifs is 1. The van der Waals surface area contributed by atoms with Crippen molar-refractivity contribution in [1.82, 2.24) is 5.32 Å². The average molecular weight is 307 g/mol. The summed E-state index contributed by atoms with van der Waals surface area (Å²) < 4.78 is 40.8. The Bertz CT molecular complexity index is 777. The molecule has 1 unspecified atom stereocenters. The third kappa shape index (κ3) is 2.80. The molecule has 0 aliphatic heterocycles. The van der Waals surface area contributed by atoms with E-state index in [1.165, 1.54) is 35.6 Å².